The maximum atomic E-state index is 12.4. The van der Waals surface area contributed by atoms with Crippen molar-refractivity contribution in [2.75, 3.05) is 31.6 Å². The summed E-state index contributed by atoms with van der Waals surface area (Å²) in [5.41, 5.74) is -0.371. The molecule has 0 aliphatic carbocycles. The van der Waals surface area contributed by atoms with Gasteiger partial charge in [0.1, 0.15) is 10.6 Å². The fourth-order valence-corrected chi connectivity index (χ4v) is 4.66. The number of anilines is 1. The second kappa shape index (κ2) is 6.71. The molecule has 2 N–H and O–H groups in total. The van der Waals surface area contributed by atoms with Crippen molar-refractivity contribution < 1.29 is 31.1 Å². The van der Waals surface area contributed by atoms with Crippen LogP contribution in [0.15, 0.2) is 29.2 Å². The van der Waals surface area contributed by atoms with Gasteiger partial charge in [-0.3, -0.25) is 9.69 Å². The summed E-state index contributed by atoms with van der Waals surface area (Å²) in [5, 5.41) is 3.20. The van der Waals surface area contributed by atoms with E-state index in [9.17, 15) is 26.4 Å². The number of ether oxygens (including phenoxy) is 1. The third-order valence-corrected chi connectivity index (χ3v) is 5.93. The zero-order valence-electron chi connectivity index (χ0n) is 13.7. The normalized spacial score (nSPS) is 21.7. The molecular formula is C15H18F3N3O4S. The summed E-state index contributed by atoms with van der Waals surface area (Å²) in [6.45, 7) is -1.21. The Balaban J connectivity index is 1.60. The zero-order valence-corrected chi connectivity index (χ0v) is 14.5. The Morgan fingerprint density at radius 1 is 1.23 bits per heavy atom. The molecule has 1 saturated heterocycles. The van der Waals surface area contributed by atoms with E-state index in [4.69, 9.17) is 0 Å². The van der Waals surface area contributed by atoms with Crippen LogP contribution in [0.2, 0.25) is 0 Å². The molecule has 7 nitrogen and oxygen atoms in total. The Bertz CT molecular complexity index is 790. The predicted octanol–water partition coefficient (Wildman–Crippen LogP) is 1.29. The molecule has 2 aliphatic heterocycles. The van der Waals surface area contributed by atoms with Gasteiger partial charge in [0.15, 0.2) is 6.61 Å². The molecule has 2 aliphatic rings. The van der Waals surface area contributed by atoms with Crippen molar-refractivity contribution in [3.05, 3.63) is 24.3 Å². The number of hydrogen-bond donors (Lipinski definition) is 2. The second-order valence-corrected chi connectivity index (χ2v) is 8.01. The first kappa shape index (κ1) is 18.9. The highest BCUT2D eigenvalue weighted by molar-refractivity contribution is 7.89. The van der Waals surface area contributed by atoms with Crippen LogP contribution in [0.25, 0.3) is 0 Å². The number of carbonyl (C=O) groups is 1. The smallest absolute Gasteiger partial charge is 0.422 e. The van der Waals surface area contributed by atoms with Crippen LogP contribution in [0.5, 0.6) is 0 Å². The van der Waals surface area contributed by atoms with Gasteiger partial charge >= 0.3 is 12.1 Å². The molecule has 1 aromatic rings. The number of fused-ring (bicyclic) bond motifs is 1. The van der Waals surface area contributed by atoms with E-state index < -0.39 is 34.4 Å². The average Bonchev–Trinajstić information content (AvgIpc) is 2.54. The lowest BCUT2D eigenvalue weighted by Crippen LogP contribution is -2.62. The lowest BCUT2D eigenvalue weighted by molar-refractivity contribution is -0.187. The fraction of sp³-hybridized carbons (Fsp3) is 0.533. The first-order valence-electron chi connectivity index (χ1n) is 7.95. The Morgan fingerprint density at radius 2 is 1.88 bits per heavy atom. The molecule has 3 rings (SSSR count). The standard InChI is InChI=1S/C15H18F3N3O4S/c16-15(17,18)10-25-13(22)9-21-7-5-14(6-8-21)19-11-3-1-2-4-12(11)26(23,24)20-14/h1-4,19-20H,5-10H2. The Hall–Kier alpha value is -1.85. The molecule has 0 saturated carbocycles. The molecule has 2 heterocycles. The highest BCUT2D eigenvalue weighted by Crippen LogP contribution is 2.34. The number of para-hydroxylation sites is 1. The van der Waals surface area contributed by atoms with Crippen molar-refractivity contribution in [3.63, 3.8) is 0 Å². The summed E-state index contributed by atoms with van der Waals surface area (Å²) < 4.78 is 67.9. The molecular weight excluding hydrogens is 375 g/mol. The van der Waals surface area contributed by atoms with Gasteiger partial charge in [0, 0.05) is 13.1 Å². The second-order valence-electron chi connectivity index (χ2n) is 6.36. The van der Waals surface area contributed by atoms with Crippen molar-refractivity contribution in [1.82, 2.24) is 9.62 Å². The maximum absolute atomic E-state index is 12.4. The number of halogens is 3. The predicted molar refractivity (Wildman–Crippen MR) is 85.8 cm³/mol. The van der Waals surface area contributed by atoms with Crippen LogP contribution >= 0.6 is 0 Å². The number of hydrogen-bond acceptors (Lipinski definition) is 6. The minimum absolute atomic E-state index is 0.170. The Labute approximate surface area is 148 Å². The molecule has 11 heteroatoms. The summed E-state index contributed by atoms with van der Waals surface area (Å²) >= 11 is 0. The molecule has 0 amide bonds. The lowest BCUT2D eigenvalue weighted by Gasteiger charge is -2.45. The number of esters is 1. The van der Waals surface area contributed by atoms with E-state index in [1.54, 1.807) is 23.1 Å². The third kappa shape index (κ3) is 4.27. The highest BCUT2D eigenvalue weighted by Gasteiger charge is 2.43. The number of nitrogens with one attached hydrogen (secondary N) is 2. The van der Waals surface area contributed by atoms with Gasteiger partial charge in [-0.25, -0.2) is 8.42 Å². The van der Waals surface area contributed by atoms with Gasteiger partial charge in [0.25, 0.3) is 0 Å². The molecule has 144 valence electrons. The number of carbonyl (C=O) groups excluding carboxylic acids is 1. The van der Waals surface area contributed by atoms with E-state index >= 15 is 0 Å². The van der Waals surface area contributed by atoms with E-state index in [0.717, 1.165) is 0 Å². The number of piperidine rings is 1. The highest BCUT2D eigenvalue weighted by atomic mass is 32.2. The van der Waals surface area contributed by atoms with E-state index in [1.807, 2.05) is 0 Å². The van der Waals surface area contributed by atoms with Crippen LogP contribution in [-0.4, -0.2) is 57.4 Å². The lowest BCUT2D eigenvalue weighted by atomic mass is 9.97. The van der Waals surface area contributed by atoms with Crippen LogP contribution in [0.1, 0.15) is 12.8 Å². The summed E-state index contributed by atoms with van der Waals surface area (Å²) in [5.74, 6) is -0.958. The minimum Gasteiger partial charge on any atom is -0.455 e. The minimum atomic E-state index is -4.56. The van der Waals surface area contributed by atoms with Crippen molar-refractivity contribution >= 4 is 21.7 Å². The summed E-state index contributed by atoms with van der Waals surface area (Å²) in [6.07, 6.45) is -3.85. The molecule has 0 bridgehead atoms. The maximum Gasteiger partial charge on any atom is 0.422 e. The molecule has 26 heavy (non-hydrogen) atoms. The topological polar surface area (TPSA) is 87.7 Å². The number of sulfonamides is 1. The number of likely N-dealkylation sites (tertiary alicyclic amines) is 1. The summed E-state index contributed by atoms with van der Waals surface area (Å²) in [6, 6.07) is 6.54. The van der Waals surface area contributed by atoms with E-state index in [0.29, 0.717) is 31.6 Å². The first-order valence-corrected chi connectivity index (χ1v) is 9.43. The third-order valence-electron chi connectivity index (χ3n) is 4.34. The summed E-state index contributed by atoms with van der Waals surface area (Å²) in [4.78, 5) is 13.3. The Kier molecular flexibility index (Phi) is 4.88. The quantitative estimate of drug-likeness (QED) is 0.753. The SMILES string of the molecule is O=C(CN1CCC2(CC1)Nc1ccccc1S(=O)(=O)N2)OCC(F)(F)F. The molecule has 1 aromatic carbocycles. The fourth-order valence-electron chi connectivity index (χ4n) is 3.11. The van der Waals surface area contributed by atoms with Crippen molar-refractivity contribution in [1.29, 1.82) is 0 Å². The van der Waals surface area contributed by atoms with Crippen LogP contribution in [-0.2, 0) is 19.6 Å². The number of benzene rings is 1. The molecule has 0 unspecified atom stereocenters. The van der Waals surface area contributed by atoms with Crippen molar-refractivity contribution in [2.24, 2.45) is 0 Å². The number of nitrogens with zero attached hydrogens (tertiary/aromatic N) is 1. The van der Waals surface area contributed by atoms with Crippen LogP contribution in [0, 0.1) is 0 Å². The van der Waals surface area contributed by atoms with E-state index in [2.05, 4.69) is 14.8 Å². The zero-order chi connectivity index (χ0) is 19.0. The van der Waals surface area contributed by atoms with E-state index in [1.165, 1.54) is 6.07 Å². The molecule has 0 radical (unpaired) electrons. The molecule has 1 spiro atoms. The van der Waals surface area contributed by atoms with Gasteiger partial charge in [-0.2, -0.15) is 17.9 Å². The van der Waals surface area contributed by atoms with Crippen LogP contribution < -0.4 is 10.0 Å². The average molecular weight is 393 g/mol. The van der Waals surface area contributed by atoms with Gasteiger partial charge < -0.3 is 10.1 Å². The van der Waals surface area contributed by atoms with E-state index in [-0.39, 0.29) is 11.4 Å². The van der Waals surface area contributed by atoms with Gasteiger partial charge in [0.05, 0.1) is 12.2 Å². The first-order chi connectivity index (χ1) is 12.1. The van der Waals surface area contributed by atoms with Gasteiger partial charge in [0.2, 0.25) is 10.0 Å². The molecule has 1 fully saturated rings. The van der Waals surface area contributed by atoms with Gasteiger partial charge in [-0.05, 0) is 25.0 Å². The van der Waals surface area contributed by atoms with Crippen molar-refractivity contribution in [2.45, 2.75) is 29.6 Å². The number of rotatable bonds is 3. The van der Waals surface area contributed by atoms with Crippen molar-refractivity contribution in [3.8, 4) is 0 Å². The Morgan fingerprint density at radius 3 is 2.54 bits per heavy atom. The number of alkyl halides is 3. The molecule has 0 aromatic heterocycles. The molecule has 0 atom stereocenters. The van der Waals surface area contributed by atoms with Crippen LogP contribution in [0.4, 0.5) is 18.9 Å². The van der Waals surface area contributed by atoms with Gasteiger partial charge in [-0.1, -0.05) is 12.1 Å². The summed E-state index contributed by atoms with van der Waals surface area (Å²) in [7, 11) is -3.66. The largest absolute Gasteiger partial charge is 0.455 e. The van der Waals surface area contributed by atoms with Crippen LogP contribution in [0.3, 0.4) is 0 Å². The monoisotopic (exact) mass is 393 g/mol. The van der Waals surface area contributed by atoms with Gasteiger partial charge in [-0.15, -0.1) is 0 Å².